The molecule has 0 heterocycles. The van der Waals surface area contributed by atoms with Crippen molar-refractivity contribution >= 4 is 17.5 Å². The number of carbonyl (C=O) groups excluding carboxylic acids is 2. The molecule has 21 heavy (non-hydrogen) atoms. The van der Waals surface area contributed by atoms with Crippen molar-refractivity contribution in [2.75, 3.05) is 11.9 Å². The summed E-state index contributed by atoms with van der Waals surface area (Å²) >= 11 is 0. The highest BCUT2D eigenvalue weighted by Gasteiger charge is 2.08. The third-order valence-electron chi connectivity index (χ3n) is 2.62. The molecule has 6 heteroatoms. The van der Waals surface area contributed by atoms with Gasteiger partial charge in [0.1, 0.15) is 11.6 Å². The third kappa shape index (κ3) is 4.38. The lowest BCUT2D eigenvalue weighted by Crippen LogP contribution is -2.32. The second-order valence-electron chi connectivity index (χ2n) is 4.25. The van der Waals surface area contributed by atoms with Gasteiger partial charge in [-0.15, -0.1) is 0 Å². The van der Waals surface area contributed by atoms with Gasteiger partial charge >= 0.3 is 0 Å². The first-order valence-corrected chi connectivity index (χ1v) is 6.14. The summed E-state index contributed by atoms with van der Waals surface area (Å²) in [7, 11) is 0. The highest BCUT2D eigenvalue weighted by Crippen LogP contribution is 2.08. The molecule has 0 aliphatic heterocycles. The van der Waals surface area contributed by atoms with Crippen molar-refractivity contribution < 1.29 is 18.4 Å². The van der Waals surface area contributed by atoms with Crippen molar-refractivity contribution in [1.82, 2.24) is 5.32 Å². The van der Waals surface area contributed by atoms with Crippen LogP contribution in [-0.4, -0.2) is 18.4 Å². The molecule has 4 nitrogen and oxygen atoms in total. The highest BCUT2D eigenvalue weighted by atomic mass is 19.1. The van der Waals surface area contributed by atoms with Crippen molar-refractivity contribution in [2.45, 2.75) is 0 Å². The Morgan fingerprint density at radius 1 is 0.952 bits per heavy atom. The summed E-state index contributed by atoms with van der Waals surface area (Å²) in [5.74, 6) is -1.90. The van der Waals surface area contributed by atoms with Gasteiger partial charge in [-0.3, -0.25) is 9.59 Å². The number of hydrogen-bond acceptors (Lipinski definition) is 2. The van der Waals surface area contributed by atoms with Crippen LogP contribution in [0.5, 0.6) is 0 Å². The Bertz CT molecular complexity index is 657. The molecule has 0 aliphatic carbocycles. The molecule has 2 rings (SSSR count). The summed E-state index contributed by atoms with van der Waals surface area (Å²) in [4.78, 5) is 23.3. The quantitative estimate of drug-likeness (QED) is 0.908. The number of anilines is 1. The molecule has 2 amide bonds. The van der Waals surface area contributed by atoms with E-state index in [0.29, 0.717) is 5.69 Å². The second kappa shape index (κ2) is 6.60. The summed E-state index contributed by atoms with van der Waals surface area (Å²) in [5, 5.41) is 4.83. The maximum absolute atomic E-state index is 12.9. The monoisotopic (exact) mass is 290 g/mol. The van der Waals surface area contributed by atoms with Crippen LogP contribution < -0.4 is 10.6 Å². The molecule has 0 spiro atoms. The summed E-state index contributed by atoms with van der Waals surface area (Å²) in [6, 6.07) is 10.4. The topological polar surface area (TPSA) is 58.2 Å². The minimum absolute atomic E-state index is 0.245. The van der Waals surface area contributed by atoms with Crippen LogP contribution in [0, 0.1) is 11.6 Å². The number of benzene rings is 2. The van der Waals surface area contributed by atoms with Gasteiger partial charge in [-0.05, 0) is 42.5 Å². The maximum Gasteiger partial charge on any atom is 0.251 e. The minimum Gasteiger partial charge on any atom is -0.343 e. The fourth-order valence-electron chi connectivity index (χ4n) is 1.64. The molecule has 0 saturated heterocycles. The van der Waals surface area contributed by atoms with E-state index in [9.17, 15) is 18.4 Å². The van der Waals surface area contributed by atoms with Crippen molar-refractivity contribution in [2.24, 2.45) is 0 Å². The molecule has 0 saturated carbocycles. The van der Waals surface area contributed by atoms with E-state index in [1.165, 1.54) is 36.4 Å². The number of hydrogen-bond donors (Lipinski definition) is 2. The SMILES string of the molecule is O=C(CNC(=O)c1ccc(F)cc1)Nc1cccc(F)c1. The Balaban J connectivity index is 1.86. The van der Waals surface area contributed by atoms with Crippen LogP contribution in [0.1, 0.15) is 10.4 Å². The second-order valence-corrected chi connectivity index (χ2v) is 4.25. The fourth-order valence-corrected chi connectivity index (χ4v) is 1.64. The van der Waals surface area contributed by atoms with Crippen molar-refractivity contribution in [1.29, 1.82) is 0 Å². The Morgan fingerprint density at radius 2 is 1.67 bits per heavy atom. The summed E-state index contributed by atoms with van der Waals surface area (Å²) in [5.41, 5.74) is 0.547. The zero-order valence-corrected chi connectivity index (χ0v) is 10.9. The van der Waals surface area contributed by atoms with Gasteiger partial charge in [0.25, 0.3) is 5.91 Å². The van der Waals surface area contributed by atoms with Crippen LogP contribution in [0.2, 0.25) is 0 Å². The first kappa shape index (κ1) is 14.6. The van der Waals surface area contributed by atoms with Crippen LogP contribution in [0.25, 0.3) is 0 Å². The molecule has 108 valence electrons. The molecule has 2 N–H and O–H groups in total. The number of halogens is 2. The van der Waals surface area contributed by atoms with Gasteiger partial charge in [-0.25, -0.2) is 8.78 Å². The first-order valence-electron chi connectivity index (χ1n) is 6.14. The smallest absolute Gasteiger partial charge is 0.251 e. The van der Waals surface area contributed by atoms with E-state index >= 15 is 0 Å². The van der Waals surface area contributed by atoms with Gasteiger partial charge in [0, 0.05) is 11.3 Å². The normalized spacial score (nSPS) is 10.0. The minimum atomic E-state index is -0.496. The standard InChI is InChI=1S/C15H12F2N2O2/c16-11-6-4-10(5-7-11)15(21)18-9-14(20)19-13-3-1-2-12(17)8-13/h1-8H,9H2,(H,18,21)(H,19,20). The number of carbonyl (C=O) groups is 2. The van der Waals surface area contributed by atoms with Gasteiger partial charge < -0.3 is 10.6 Å². The lowest BCUT2D eigenvalue weighted by molar-refractivity contribution is -0.115. The Labute approximate surface area is 119 Å². The van der Waals surface area contributed by atoms with E-state index in [1.54, 1.807) is 0 Å². The van der Waals surface area contributed by atoms with Gasteiger partial charge in [-0.1, -0.05) is 6.07 Å². The first-order chi connectivity index (χ1) is 10.0. The predicted octanol–water partition coefficient (Wildman–Crippen LogP) is 2.33. The molecule has 0 atom stereocenters. The molecule has 0 aliphatic rings. The maximum atomic E-state index is 12.9. The van der Waals surface area contributed by atoms with Crippen LogP contribution in [0.4, 0.5) is 14.5 Å². The highest BCUT2D eigenvalue weighted by molar-refractivity contribution is 5.99. The van der Waals surface area contributed by atoms with Crippen molar-refractivity contribution in [3.8, 4) is 0 Å². The largest absolute Gasteiger partial charge is 0.343 e. The number of nitrogens with one attached hydrogen (secondary N) is 2. The van der Waals surface area contributed by atoms with Gasteiger partial charge in [-0.2, -0.15) is 0 Å². The van der Waals surface area contributed by atoms with E-state index in [-0.39, 0.29) is 12.1 Å². The van der Waals surface area contributed by atoms with E-state index in [4.69, 9.17) is 0 Å². The molecule has 0 fully saturated rings. The molecule has 0 radical (unpaired) electrons. The molecular formula is C15H12F2N2O2. The zero-order chi connectivity index (χ0) is 15.2. The third-order valence-corrected chi connectivity index (χ3v) is 2.62. The molecule has 2 aromatic rings. The van der Waals surface area contributed by atoms with Crippen LogP contribution in [-0.2, 0) is 4.79 Å². The summed E-state index contributed by atoms with van der Waals surface area (Å²) < 4.78 is 25.6. The molecule has 0 aromatic heterocycles. The Morgan fingerprint density at radius 3 is 2.33 bits per heavy atom. The van der Waals surface area contributed by atoms with E-state index in [1.807, 2.05) is 0 Å². The zero-order valence-electron chi connectivity index (χ0n) is 10.9. The molecule has 2 aromatic carbocycles. The Hall–Kier alpha value is -2.76. The van der Waals surface area contributed by atoms with E-state index in [0.717, 1.165) is 12.1 Å². The lowest BCUT2D eigenvalue weighted by atomic mass is 10.2. The van der Waals surface area contributed by atoms with Crippen molar-refractivity contribution in [3.63, 3.8) is 0 Å². The van der Waals surface area contributed by atoms with Crippen LogP contribution in [0.3, 0.4) is 0 Å². The lowest BCUT2D eigenvalue weighted by Gasteiger charge is -2.07. The number of amides is 2. The van der Waals surface area contributed by atoms with Gasteiger partial charge in [0.2, 0.25) is 5.91 Å². The number of rotatable bonds is 4. The Kier molecular flexibility index (Phi) is 4.61. The van der Waals surface area contributed by atoms with E-state index < -0.39 is 23.4 Å². The van der Waals surface area contributed by atoms with Crippen LogP contribution >= 0.6 is 0 Å². The molecule has 0 bridgehead atoms. The summed E-state index contributed by atoms with van der Waals surface area (Å²) in [6.45, 7) is -0.271. The van der Waals surface area contributed by atoms with E-state index in [2.05, 4.69) is 10.6 Å². The molecular weight excluding hydrogens is 278 g/mol. The average molecular weight is 290 g/mol. The summed E-state index contributed by atoms with van der Waals surface area (Å²) in [6.07, 6.45) is 0. The predicted molar refractivity (Wildman–Crippen MR) is 73.8 cm³/mol. The van der Waals surface area contributed by atoms with Crippen molar-refractivity contribution in [3.05, 3.63) is 65.7 Å². The molecule has 0 unspecified atom stereocenters. The van der Waals surface area contributed by atoms with Gasteiger partial charge in [0.05, 0.1) is 6.54 Å². The average Bonchev–Trinajstić information content (AvgIpc) is 2.45. The van der Waals surface area contributed by atoms with Crippen LogP contribution in [0.15, 0.2) is 48.5 Å². The fraction of sp³-hybridized carbons (Fsp3) is 0.0667. The van der Waals surface area contributed by atoms with Gasteiger partial charge in [0.15, 0.2) is 0 Å².